The molecule has 3 rings (SSSR count). The lowest BCUT2D eigenvalue weighted by Crippen LogP contribution is -2.54. The molecule has 0 bridgehead atoms. The number of hydrogen-bond donors (Lipinski definition) is 6. The van der Waals surface area contributed by atoms with Gasteiger partial charge in [0.2, 0.25) is 30.0 Å². The van der Waals surface area contributed by atoms with Crippen molar-refractivity contribution in [3.8, 4) is 5.75 Å². The van der Waals surface area contributed by atoms with E-state index in [2.05, 4.69) is 26.6 Å². The monoisotopic (exact) mass is 673 g/mol. The van der Waals surface area contributed by atoms with E-state index in [0.717, 1.165) is 16.7 Å². The zero-order valence-electron chi connectivity index (χ0n) is 27.5. The second-order valence-electron chi connectivity index (χ2n) is 11.8. The Morgan fingerprint density at radius 2 is 1.24 bits per heavy atom. The highest BCUT2D eigenvalue weighted by molar-refractivity contribution is 5.93. The molecule has 0 aromatic heterocycles. The van der Waals surface area contributed by atoms with Crippen molar-refractivity contribution in [2.24, 2.45) is 5.92 Å². The highest BCUT2D eigenvalue weighted by atomic mass is 16.5. The Labute approximate surface area is 285 Å². The number of carbonyl (C=O) groups is 6. The summed E-state index contributed by atoms with van der Waals surface area (Å²) < 4.78 is 5.78. The first-order valence-corrected chi connectivity index (χ1v) is 15.9. The molecule has 5 amide bonds. The Bertz CT molecular complexity index is 1530. The van der Waals surface area contributed by atoms with E-state index in [1.54, 1.807) is 54.6 Å². The largest absolute Gasteiger partial charge is 0.489 e. The first kappa shape index (κ1) is 37.7. The number of benzene rings is 3. The van der Waals surface area contributed by atoms with Crippen LogP contribution in [0.25, 0.3) is 0 Å². The summed E-state index contributed by atoms with van der Waals surface area (Å²) in [7, 11) is 0. The summed E-state index contributed by atoms with van der Waals surface area (Å²) >= 11 is 0. The van der Waals surface area contributed by atoms with E-state index in [-0.39, 0.29) is 25.2 Å². The Balaban J connectivity index is 1.49. The van der Waals surface area contributed by atoms with E-state index in [9.17, 15) is 33.9 Å². The number of nitrogens with one attached hydrogen (secondary N) is 5. The minimum absolute atomic E-state index is 0.000719. The third-order valence-corrected chi connectivity index (χ3v) is 7.32. The highest BCUT2D eigenvalue weighted by Gasteiger charge is 2.27. The Kier molecular flexibility index (Phi) is 15.3. The number of ether oxygens (including phenoxy) is 1. The zero-order chi connectivity index (χ0) is 35.6. The molecule has 3 aromatic rings. The number of carboxylic acid groups (broad SMARTS) is 1. The van der Waals surface area contributed by atoms with Crippen molar-refractivity contribution in [2.45, 2.75) is 57.8 Å². The lowest BCUT2D eigenvalue weighted by Gasteiger charge is -2.22. The molecule has 3 atom stereocenters. The summed E-state index contributed by atoms with van der Waals surface area (Å²) in [5.41, 5.74) is 2.50. The van der Waals surface area contributed by atoms with Gasteiger partial charge in [-0.2, -0.15) is 0 Å². The topological polar surface area (TPSA) is 192 Å². The number of rotatable bonds is 20. The summed E-state index contributed by atoms with van der Waals surface area (Å²) in [6, 6.07) is 22.4. The summed E-state index contributed by atoms with van der Waals surface area (Å²) in [4.78, 5) is 74.0. The lowest BCUT2D eigenvalue weighted by molar-refractivity contribution is -0.142. The molecule has 0 spiro atoms. The van der Waals surface area contributed by atoms with Gasteiger partial charge < -0.3 is 36.4 Å². The number of carboxylic acids is 1. The van der Waals surface area contributed by atoms with Crippen molar-refractivity contribution in [1.82, 2.24) is 26.6 Å². The van der Waals surface area contributed by atoms with Gasteiger partial charge in [-0.3, -0.25) is 24.0 Å². The van der Waals surface area contributed by atoms with Crippen molar-refractivity contribution in [2.75, 3.05) is 13.1 Å². The molecule has 13 heteroatoms. The predicted octanol–water partition coefficient (Wildman–Crippen LogP) is 1.50. The number of aliphatic carboxylic acids is 1. The van der Waals surface area contributed by atoms with Gasteiger partial charge in [0.1, 0.15) is 30.5 Å². The molecule has 3 aromatic carbocycles. The summed E-state index contributed by atoms with van der Waals surface area (Å²) in [6.07, 6.45) is 0.841. The highest BCUT2D eigenvalue weighted by Crippen LogP contribution is 2.15. The number of carbonyl (C=O) groups excluding carboxylic acids is 5. The van der Waals surface area contributed by atoms with Crippen molar-refractivity contribution in [3.05, 3.63) is 102 Å². The van der Waals surface area contributed by atoms with Crippen LogP contribution in [0.4, 0.5) is 0 Å². The van der Waals surface area contributed by atoms with Crippen LogP contribution in [0.2, 0.25) is 0 Å². The van der Waals surface area contributed by atoms with Crippen LogP contribution >= 0.6 is 0 Å². The van der Waals surface area contributed by atoms with Crippen LogP contribution in [0.3, 0.4) is 0 Å². The molecule has 0 radical (unpaired) electrons. The molecule has 0 heterocycles. The average Bonchev–Trinajstić information content (AvgIpc) is 3.09. The van der Waals surface area contributed by atoms with Gasteiger partial charge in [0, 0.05) is 12.8 Å². The van der Waals surface area contributed by atoms with Gasteiger partial charge in [-0.1, -0.05) is 86.6 Å². The van der Waals surface area contributed by atoms with Crippen LogP contribution in [0, 0.1) is 5.92 Å². The molecular formula is C36H43N5O8. The van der Waals surface area contributed by atoms with Crippen molar-refractivity contribution >= 4 is 36.0 Å². The van der Waals surface area contributed by atoms with Crippen LogP contribution in [0.1, 0.15) is 37.0 Å². The van der Waals surface area contributed by atoms with Gasteiger partial charge in [-0.15, -0.1) is 0 Å². The van der Waals surface area contributed by atoms with Crippen LogP contribution < -0.4 is 31.3 Å². The Hall–Kier alpha value is -5.72. The van der Waals surface area contributed by atoms with Gasteiger partial charge in [-0.25, -0.2) is 4.79 Å². The third-order valence-electron chi connectivity index (χ3n) is 7.32. The van der Waals surface area contributed by atoms with E-state index in [4.69, 9.17) is 4.74 Å². The third kappa shape index (κ3) is 13.9. The van der Waals surface area contributed by atoms with Crippen LogP contribution in [-0.2, 0) is 48.2 Å². The van der Waals surface area contributed by atoms with E-state index in [1.807, 2.05) is 44.2 Å². The molecule has 0 unspecified atom stereocenters. The predicted molar refractivity (Wildman–Crippen MR) is 181 cm³/mol. The fraction of sp³-hybridized carbons (Fsp3) is 0.333. The molecule has 0 saturated carbocycles. The average molecular weight is 674 g/mol. The Morgan fingerprint density at radius 3 is 1.84 bits per heavy atom. The van der Waals surface area contributed by atoms with Gasteiger partial charge in [0.05, 0.1) is 13.1 Å². The second kappa shape index (κ2) is 19.8. The van der Waals surface area contributed by atoms with Crippen LogP contribution in [-0.4, -0.2) is 72.3 Å². The molecule has 0 fully saturated rings. The maximum absolute atomic E-state index is 13.1. The van der Waals surface area contributed by atoms with Gasteiger partial charge >= 0.3 is 5.97 Å². The standard InChI is InChI=1S/C36H43N5O8/c1-24(2)17-31(36(47)48)41-35(46)30(19-25-9-5-3-6-10-25)40-33(44)21-37-32(43)20-38-34(45)29(39-23-42)18-26-13-15-28(16-14-26)49-22-27-11-7-4-8-12-27/h3-16,23-24,29-31H,17-22H2,1-2H3,(H,37,43)(H,38,45)(H,39,42)(H,40,44)(H,41,46)(H,47,48)/t29-,30-,31-/m0/s1. The molecule has 260 valence electrons. The molecule has 49 heavy (non-hydrogen) atoms. The second-order valence-corrected chi connectivity index (χ2v) is 11.8. The molecule has 6 N–H and O–H groups in total. The fourth-order valence-electron chi connectivity index (χ4n) is 4.81. The van der Waals surface area contributed by atoms with Gasteiger partial charge in [0.25, 0.3) is 0 Å². The maximum Gasteiger partial charge on any atom is 0.326 e. The Morgan fingerprint density at radius 1 is 0.673 bits per heavy atom. The van der Waals surface area contributed by atoms with Crippen molar-refractivity contribution in [1.29, 1.82) is 0 Å². The summed E-state index contributed by atoms with van der Waals surface area (Å²) in [6.45, 7) is 3.09. The SMILES string of the molecule is CC(C)C[C@H](NC(=O)[C@H](Cc1ccccc1)NC(=O)CNC(=O)CNC(=O)[C@H](Cc1ccc(OCc2ccccc2)cc1)NC=O)C(=O)O. The lowest BCUT2D eigenvalue weighted by atomic mass is 10.0. The first-order chi connectivity index (χ1) is 23.5. The number of amides is 5. The summed E-state index contributed by atoms with van der Waals surface area (Å²) in [5, 5.41) is 21.9. The van der Waals surface area contributed by atoms with Crippen LogP contribution in [0.15, 0.2) is 84.9 Å². The zero-order valence-corrected chi connectivity index (χ0v) is 27.5. The van der Waals surface area contributed by atoms with E-state index < -0.39 is 60.8 Å². The minimum Gasteiger partial charge on any atom is -0.489 e. The quantitative estimate of drug-likeness (QED) is 0.0972. The minimum atomic E-state index is -1.19. The van der Waals surface area contributed by atoms with E-state index >= 15 is 0 Å². The van der Waals surface area contributed by atoms with Gasteiger partial charge in [-0.05, 0) is 41.2 Å². The van der Waals surface area contributed by atoms with Crippen LogP contribution in [0.5, 0.6) is 5.75 Å². The number of hydrogen-bond acceptors (Lipinski definition) is 7. The maximum atomic E-state index is 13.1. The van der Waals surface area contributed by atoms with Crippen molar-refractivity contribution in [3.63, 3.8) is 0 Å². The smallest absolute Gasteiger partial charge is 0.326 e. The van der Waals surface area contributed by atoms with E-state index in [0.29, 0.717) is 18.8 Å². The van der Waals surface area contributed by atoms with Gasteiger partial charge in [0.15, 0.2) is 0 Å². The molecule has 0 aliphatic heterocycles. The van der Waals surface area contributed by atoms with Crippen molar-refractivity contribution < 1.29 is 38.6 Å². The normalized spacial score (nSPS) is 12.5. The first-order valence-electron chi connectivity index (χ1n) is 15.9. The molecule has 0 aliphatic carbocycles. The molecule has 0 aliphatic rings. The fourth-order valence-corrected chi connectivity index (χ4v) is 4.81. The summed E-state index contributed by atoms with van der Waals surface area (Å²) in [5.74, 6) is -3.20. The molecule has 13 nitrogen and oxygen atoms in total. The molecule has 0 saturated heterocycles. The van der Waals surface area contributed by atoms with E-state index in [1.165, 1.54) is 0 Å². The molecular weight excluding hydrogens is 630 g/mol.